The normalized spacial score (nSPS) is 17.2. The predicted octanol–water partition coefficient (Wildman–Crippen LogP) is 2.50. The van der Waals surface area contributed by atoms with Crippen LogP contribution in [-0.2, 0) is 6.54 Å². The number of methoxy groups -OCH3 is 1. The van der Waals surface area contributed by atoms with Crippen molar-refractivity contribution in [1.29, 1.82) is 0 Å². The molecule has 21 heavy (non-hydrogen) atoms. The first-order chi connectivity index (χ1) is 10.1. The second kappa shape index (κ2) is 7.56. The molecule has 118 valence electrons. The molecule has 0 saturated carbocycles. The van der Waals surface area contributed by atoms with Crippen molar-refractivity contribution in [3.63, 3.8) is 0 Å². The minimum atomic E-state index is -2.86. The molecule has 0 radical (unpaired) electrons. The molecule has 0 aliphatic carbocycles. The predicted molar refractivity (Wildman–Crippen MR) is 74.7 cm³/mol. The SMILES string of the molecule is COc1cc(CN2CCC(CO)CC2)ccc1OC(F)F. The van der Waals surface area contributed by atoms with Crippen LogP contribution in [0.1, 0.15) is 18.4 Å². The van der Waals surface area contributed by atoms with Gasteiger partial charge >= 0.3 is 6.61 Å². The zero-order chi connectivity index (χ0) is 15.2. The van der Waals surface area contributed by atoms with Crippen molar-refractivity contribution in [2.24, 2.45) is 5.92 Å². The van der Waals surface area contributed by atoms with E-state index in [0.717, 1.165) is 38.0 Å². The Kier molecular flexibility index (Phi) is 5.76. The van der Waals surface area contributed by atoms with Gasteiger partial charge in [-0.05, 0) is 49.5 Å². The minimum absolute atomic E-state index is 0.0511. The maximum Gasteiger partial charge on any atom is 0.387 e. The van der Waals surface area contributed by atoms with Crippen LogP contribution in [0.3, 0.4) is 0 Å². The number of likely N-dealkylation sites (tertiary alicyclic amines) is 1. The first-order valence-electron chi connectivity index (χ1n) is 7.07. The Morgan fingerprint density at radius 3 is 2.57 bits per heavy atom. The van der Waals surface area contributed by atoms with Gasteiger partial charge in [-0.25, -0.2) is 0 Å². The van der Waals surface area contributed by atoms with Crippen molar-refractivity contribution in [3.8, 4) is 11.5 Å². The Bertz CT molecular complexity index is 449. The fourth-order valence-electron chi connectivity index (χ4n) is 2.59. The Labute approximate surface area is 123 Å². The highest BCUT2D eigenvalue weighted by atomic mass is 19.3. The summed E-state index contributed by atoms with van der Waals surface area (Å²) in [4.78, 5) is 2.29. The molecule has 1 aromatic rings. The van der Waals surface area contributed by atoms with Gasteiger partial charge in [-0.15, -0.1) is 0 Å². The lowest BCUT2D eigenvalue weighted by Gasteiger charge is -2.31. The summed E-state index contributed by atoms with van der Waals surface area (Å²) >= 11 is 0. The van der Waals surface area contributed by atoms with E-state index in [1.54, 1.807) is 12.1 Å². The minimum Gasteiger partial charge on any atom is -0.493 e. The Hall–Kier alpha value is -1.40. The van der Waals surface area contributed by atoms with Crippen LogP contribution in [0, 0.1) is 5.92 Å². The molecule has 1 heterocycles. The number of rotatable bonds is 6. The van der Waals surface area contributed by atoms with E-state index in [1.807, 2.05) is 0 Å². The molecule has 0 bridgehead atoms. The number of hydrogen-bond acceptors (Lipinski definition) is 4. The molecule has 4 nitrogen and oxygen atoms in total. The fourth-order valence-corrected chi connectivity index (χ4v) is 2.59. The highest BCUT2D eigenvalue weighted by molar-refractivity contribution is 5.43. The van der Waals surface area contributed by atoms with Crippen molar-refractivity contribution < 1.29 is 23.4 Å². The lowest BCUT2D eigenvalue weighted by atomic mass is 9.97. The first kappa shape index (κ1) is 16.0. The molecule has 0 amide bonds. The number of benzene rings is 1. The standard InChI is InChI=1S/C15H21F2NO3/c1-20-14-8-12(2-3-13(14)21-15(16)17)9-18-6-4-11(10-19)5-7-18/h2-3,8,11,15,19H,4-7,9-10H2,1H3. The molecule has 1 aliphatic heterocycles. The quantitative estimate of drug-likeness (QED) is 0.876. The number of nitrogens with zero attached hydrogens (tertiary/aromatic N) is 1. The molecule has 1 aromatic carbocycles. The van der Waals surface area contributed by atoms with Crippen LogP contribution < -0.4 is 9.47 Å². The maximum absolute atomic E-state index is 12.3. The van der Waals surface area contributed by atoms with Crippen molar-refractivity contribution >= 4 is 0 Å². The van der Waals surface area contributed by atoms with E-state index >= 15 is 0 Å². The van der Waals surface area contributed by atoms with Gasteiger partial charge in [0.05, 0.1) is 7.11 Å². The third kappa shape index (κ3) is 4.54. The van der Waals surface area contributed by atoms with Crippen molar-refractivity contribution in [1.82, 2.24) is 4.90 Å². The van der Waals surface area contributed by atoms with Crippen LogP contribution in [0.2, 0.25) is 0 Å². The van der Waals surface area contributed by atoms with Crippen LogP contribution in [0.15, 0.2) is 18.2 Å². The largest absolute Gasteiger partial charge is 0.493 e. The van der Waals surface area contributed by atoms with E-state index < -0.39 is 6.61 Å². The number of ether oxygens (including phenoxy) is 2. The second-order valence-corrected chi connectivity index (χ2v) is 5.27. The summed E-state index contributed by atoms with van der Waals surface area (Å²) in [7, 11) is 1.43. The average molecular weight is 301 g/mol. The molecule has 0 spiro atoms. The van der Waals surface area contributed by atoms with Gasteiger partial charge in [-0.1, -0.05) is 6.07 Å². The van der Waals surface area contributed by atoms with E-state index in [0.29, 0.717) is 11.7 Å². The summed E-state index contributed by atoms with van der Waals surface area (Å²) in [6.07, 6.45) is 1.97. The molecule has 1 fully saturated rings. The molecule has 0 aromatic heterocycles. The van der Waals surface area contributed by atoms with Crippen LogP contribution in [-0.4, -0.2) is 43.4 Å². The number of halogens is 2. The molecule has 1 aliphatic rings. The Balaban J connectivity index is 1.97. The average Bonchev–Trinajstić information content (AvgIpc) is 2.49. The van der Waals surface area contributed by atoms with E-state index in [-0.39, 0.29) is 12.4 Å². The van der Waals surface area contributed by atoms with Crippen molar-refractivity contribution in [2.75, 3.05) is 26.8 Å². The van der Waals surface area contributed by atoms with E-state index in [2.05, 4.69) is 9.64 Å². The van der Waals surface area contributed by atoms with E-state index in [4.69, 9.17) is 9.84 Å². The molecule has 1 saturated heterocycles. The third-order valence-electron chi connectivity index (χ3n) is 3.82. The molecule has 1 N–H and O–H groups in total. The molecule has 0 atom stereocenters. The summed E-state index contributed by atoms with van der Waals surface area (Å²) in [6, 6.07) is 5.02. The highest BCUT2D eigenvalue weighted by Gasteiger charge is 2.19. The lowest BCUT2D eigenvalue weighted by Crippen LogP contribution is -2.34. The van der Waals surface area contributed by atoms with Gasteiger partial charge in [-0.2, -0.15) is 8.78 Å². The number of aliphatic hydroxyl groups is 1. The van der Waals surface area contributed by atoms with Gasteiger partial charge in [0.25, 0.3) is 0 Å². The second-order valence-electron chi connectivity index (χ2n) is 5.27. The van der Waals surface area contributed by atoms with Crippen molar-refractivity contribution in [3.05, 3.63) is 23.8 Å². The number of aliphatic hydroxyl groups excluding tert-OH is 1. The van der Waals surface area contributed by atoms with Gasteiger partial charge in [-0.3, -0.25) is 4.90 Å². The topological polar surface area (TPSA) is 41.9 Å². The summed E-state index contributed by atoms with van der Waals surface area (Å²) < 4.78 is 34.1. The van der Waals surface area contributed by atoms with Crippen LogP contribution in [0.5, 0.6) is 11.5 Å². The van der Waals surface area contributed by atoms with E-state index in [9.17, 15) is 8.78 Å². The summed E-state index contributed by atoms with van der Waals surface area (Å²) in [5.41, 5.74) is 0.996. The zero-order valence-electron chi connectivity index (χ0n) is 12.1. The smallest absolute Gasteiger partial charge is 0.387 e. The van der Waals surface area contributed by atoms with Crippen LogP contribution >= 0.6 is 0 Å². The Morgan fingerprint density at radius 1 is 1.29 bits per heavy atom. The maximum atomic E-state index is 12.3. The van der Waals surface area contributed by atoms with Gasteiger partial charge in [0, 0.05) is 13.2 Å². The summed E-state index contributed by atoms with van der Waals surface area (Å²) in [5, 5.41) is 9.13. The summed E-state index contributed by atoms with van der Waals surface area (Å²) in [5.74, 6) is 0.769. The third-order valence-corrected chi connectivity index (χ3v) is 3.82. The lowest BCUT2D eigenvalue weighted by molar-refractivity contribution is -0.0512. The number of hydrogen-bond donors (Lipinski definition) is 1. The van der Waals surface area contributed by atoms with Crippen LogP contribution in [0.4, 0.5) is 8.78 Å². The van der Waals surface area contributed by atoms with Crippen LogP contribution in [0.25, 0.3) is 0 Å². The fraction of sp³-hybridized carbons (Fsp3) is 0.600. The van der Waals surface area contributed by atoms with Gasteiger partial charge in [0.2, 0.25) is 0 Å². The molecule has 6 heteroatoms. The molecule has 2 rings (SSSR count). The van der Waals surface area contributed by atoms with Gasteiger partial charge in [0.15, 0.2) is 11.5 Å². The molecular formula is C15H21F2NO3. The zero-order valence-corrected chi connectivity index (χ0v) is 12.1. The highest BCUT2D eigenvalue weighted by Crippen LogP contribution is 2.30. The number of piperidine rings is 1. The van der Waals surface area contributed by atoms with Crippen molar-refractivity contribution in [2.45, 2.75) is 26.0 Å². The first-order valence-corrected chi connectivity index (χ1v) is 7.07. The molecule has 0 unspecified atom stereocenters. The monoisotopic (exact) mass is 301 g/mol. The van der Waals surface area contributed by atoms with Gasteiger partial charge in [0.1, 0.15) is 0 Å². The van der Waals surface area contributed by atoms with E-state index in [1.165, 1.54) is 13.2 Å². The number of alkyl halides is 2. The van der Waals surface area contributed by atoms with Gasteiger partial charge < -0.3 is 14.6 Å². The summed E-state index contributed by atoms with van der Waals surface area (Å²) in [6.45, 7) is -0.00143. The Morgan fingerprint density at radius 2 is 2.00 bits per heavy atom. The molecular weight excluding hydrogens is 280 g/mol.